The largest absolute Gasteiger partial charge is 0.546 e. The standard InChI is InChI=1S/C21H21NO7/c1-13(2)22-18(23)16(28-20(26)14-9-5-3-6-10-14)17(19(24)25)29-21(27)15-11-7-4-8-12-15/h3-13,16-17H,1-2H3,(H,22,23)(H,24,25)/p-1/t16-,17+/m0/s1. The van der Waals surface area contributed by atoms with Crippen molar-refractivity contribution < 1.29 is 33.8 Å². The number of carbonyl (C=O) groups excluding carboxylic acids is 4. The zero-order valence-electron chi connectivity index (χ0n) is 15.9. The quantitative estimate of drug-likeness (QED) is 0.650. The number of hydrogen-bond donors (Lipinski definition) is 1. The molecule has 2 aromatic carbocycles. The van der Waals surface area contributed by atoms with Gasteiger partial charge in [-0.15, -0.1) is 0 Å². The van der Waals surface area contributed by atoms with Gasteiger partial charge < -0.3 is 24.7 Å². The number of hydrogen-bond acceptors (Lipinski definition) is 7. The van der Waals surface area contributed by atoms with Gasteiger partial charge in [0.15, 0.2) is 6.10 Å². The molecule has 0 spiro atoms. The molecule has 0 saturated carbocycles. The van der Waals surface area contributed by atoms with Gasteiger partial charge in [-0.05, 0) is 38.1 Å². The second-order valence-electron chi connectivity index (χ2n) is 6.37. The van der Waals surface area contributed by atoms with E-state index in [2.05, 4.69) is 5.32 Å². The average Bonchev–Trinajstić information content (AvgIpc) is 2.70. The van der Waals surface area contributed by atoms with Crippen LogP contribution in [0.3, 0.4) is 0 Å². The predicted molar refractivity (Wildman–Crippen MR) is 99.6 cm³/mol. The molecule has 29 heavy (non-hydrogen) atoms. The van der Waals surface area contributed by atoms with E-state index in [1.165, 1.54) is 24.3 Å². The summed E-state index contributed by atoms with van der Waals surface area (Å²) in [6.07, 6.45) is -4.09. The molecule has 1 N–H and O–H groups in total. The highest BCUT2D eigenvalue weighted by molar-refractivity contribution is 5.96. The van der Waals surface area contributed by atoms with Gasteiger partial charge in [0.05, 0.1) is 17.1 Å². The summed E-state index contributed by atoms with van der Waals surface area (Å²) in [5.41, 5.74) is 0.164. The number of carboxylic acid groups (broad SMARTS) is 1. The van der Waals surface area contributed by atoms with E-state index in [9.17, 15) is 24.3 Å². The number of esters is 2. The third-order valence-corrected chi connectivity index (χ3v) is 3.68. The molecule has 0 radical (unpaired) electrons. The fraction of sp³-hybridized carbons (Fsp3) is 0.238. The van der Waals surface area contributed by atoms with Gasteiger partial charge in [-0.25, -0.2) is 9.59 Å². The molecule has 2 rings (SSSR count). The van der Waals surface area contributed by atoms with E-state index in [-0.39, 0.29) is 17.2 Å². The Labute approximate surface area is 167 Å². The van der Waals surface area contributed by atoms with Crippen LogP contribution in [0.2, 0.25) is 0 Å². The van der Waals surface area contributed by atoms with E-state index >= 15 is 0 Å². The number of aliphatic carboxylic acids is 1. The van der Waals surface area contributed by atoms with Crippen molar-refractivity contribution in [1.29, 1.82) is 0 Å². The Hall–Kier alpha value is -3.68. The van der Waals surface area contributed by atoms with Crippen molar-refractivity contribution >= 4 is 23.8 Å². The lowest BCUT2D eigenvalue weighted by Gasteiger charge is -2.27. The first-order valence-electron chi connectivity index (χ1n) is 8.83. The predicted octanol–water partition coefficient (Wildman–Crippen LogP) is 0.712. The normalized spacial score (nSPS) is 12.5. The van der Waals surface area contributed by atoms with Gasteiger partial charge in [0.25, 0.3) is 5.91 Å². The monoisotopic (exact) mass is 398 g/mol. The van der Waals surface area contributed by atoms with E-state index in [0.29, 0.717) is 0 Å². The highest BCUT2D eigenvalue weighted by Gasteiger charge is 2.37. The Bertz CT molecular complexity index is 865. The van der Waals surface area contributed by atoms with Crippen LogP contribution in [-0.4, -0.2) is 42.1 Å². The summed E-state index contributed by atoms with van der Waals surface area (Å²) in [4.78, 5) is 48.8. The van der Waals surface area contributed by atoms with E-state index in [1.54, 1.807) is 50.2 Å². The van der Waals surface area contributed by atoms with Gasteiger partial charge in [0.2, 0.25) is 6.10 Å². The zero-order valence-corrected chi connectivity index (χ0v) is 15.9. The van der Waals surface area contributed by atoms with Gasteiger partial charge in [-0.3, -0.25) is 4.79 Å². The molecular formula is C21H20NO7-. The van der Waals surface area contributed by atoms with Crippen LogP contribution in [-0.2, 0) is 19.1 Å². The summed E-state index contributed by atoms with van der Waals surface area (Å²) in [7, 11) is 0. The molecule has 152 valence electrons. The molecule has 0 aromatic heterocycles. The molecule has 2 atom stereocenters. The minimum absolute atomic E-state index is 0.0659. The van der Waals surface area contributed by atoms with E-state index in [1.807, 2.05) is 0 Å². The second-order valence-corrected chi connectivity index (χ2v) is 6.37. The zero-order chi connectivity index (χ0) is 21.4. The van der Waals surface area contributed by atoms with Crippen molar-refractivity contribution in [2.75, 3.05) is 0 Å². The topological polar surface area (TPSA) is 122 Å². The average molecular weight is 398 g/mol. The first-order chi connectivity index (χ1) is 13.8. The minimum Gasteiger partial charge on any atom is -0.546 e. The Balaban J connectivity index is 2.29. The van der Waals surface area contributed by atoms with Crippen molar-refractivity contribution in [3.05, 3.63) is 71.8 Å². The molecular weight excluding hydrogens is 378 g/mol. The molecule has 8 nitrogen and oxygen atoms in total. The van der Waals surface area contributed by atoms with E-state index in [4.69, 9.17) is 9.47 Å². The highest BCUT2D eigenvalue weighted by atomic mass is 16.6. The van der Waals surface area contributed by atoms with Gasteiger partial charge in [0, 0.05) is 6.04 Å². The molecule has 0 aliphatic heterocycles. The highest BCUT2D eigenvalue weighted by Crippen LogP contribution is 2.13. The lowest BCUT2D eigenvalue weighted by atomic mass is 10.1. The maximum Gasteiger partial charge on any atom is 0.339 e. The third kappa shape index (κ3) is 6.17. The van der Waals surface area contributed by atoms with E-state index in [0.717, 1.165) is 0 Å². The fourth-order valence-electron chi connectivity index (χ4n) is 2.37. The Morgan fingerprint density at radius 2 is 1.17 bits per heavy atom. The molecule has 2 aromatic rings. The van der Waals surface area contributed by atoms with Crippen LogP contribution in [0.1, 0.15) is 34.6 Å². The maximum atomic E-state index is 12.5. The van der Waals surface area contributed by atoms with Crippen LogP contribution in [0, 0.1) is 0 Å². The Kier molecular flexibility index (Phi) is 7.47. The van der Waals surface area contributed by atoms with E-state index < -0.39 is 36.0 Å². The number of carboxylic acids is 1. The Morgan fingerprint density at radius 3 is 1.55 bits per heavy atom. The summed E-state index contributed by atoms with van der Waals surface area (Å²) in [5, 5.41) is 14.1. The van der Waals surface area contributed by atoms with Gasteiger partial charge in [-0.2, -0.15) is 0 Å². The van der Waals surface area contributed by atoms with Crippen molar-refractivity contribution in [3.63, 3.8) is 0 Å². The Morgan fingerprint density at radius 1 is 0.759 bits per heavy atom. The molecule has 0 saturated heterocycles. The number of amides is 1. The minimum atomic E-state index is -2.14. The molecule has 0 unspecified atom stereocenters. The number of rotatable bonds is 8. The van der Waals surface area contributed by atoms with Crippen LogP contribution in [0.15, 0.2) is 60.7 Å². The number of carbonyl (C=O) groups is 4. The SMILES string of the molecule is CC(C)NC(=O)[C@@H](OC(=O)c1ccccc1)[C@@H](OC(=O)c1ccccc1)C(=O)[O-]. The maximum absolute atomic E-state index is 12.5. The van der Waals surface area contributed by atoms with Crippen LogP contribution in [0.4, 0.5) is 0 Å². The van der Waals surface area contributed by atoms with Gasteiger partial charge in [-0.1, -0.05) is 36.4 Å². The number of benzene rings is 2. The summed E-state index contributed by atoms with van der Waals surface area (Å²) in [5.74, 6) is -4.76. The van der Waals surface area contributed by atoms with Crippen molar-refractivity contribution in [3.8, 4) is 0 Å². The smallest absolute Gasteiger partial charge is 0.339 e. The molecule has 0 aliphatic rings. The van der Waals surface area contributed by atoms with Crippen LogP contribution >= 0.6 is 0 Å². The molecule has 0 fully saturated rings. The summed E-state index contributed by atoms with van der Waals surface area (Å²) in [6, 6.07) is 14.9. The summed E-state index contributed by atoms with van der Waals surface area (Å²) >= 11 is 0. The number of nitrogens with one attached hydrogen (secondary N) is 1. The van der Waals surface area contributed by atoms with Crippen LogP contribution in [0.25, 0.3) is 0 Å². The molecule has 0 heterocycles. The third-order valence-electron chi connectivity index (χ3n) is 3.68. The van der Waals surface area contributed by atoms with Crippen molar-refractivity contribution in [1.82, 2.24) is 5.32 Å². The summed E-state index contributed by atoms with van der Waals surface area (Å²) in [6.45, 7) is 3.27. The van der Waals surface area contributed by atoms with Crippen molar-refractivity contribution in [2.24, 2.45) is 0 Å². The fourth-order valence-corrected chi connectivity index (χ4v) is 2.37. The molecule has 8 heteroatoms. The molecule has 1 amide bonds. The second kappa shape index (κ2) is 10.0. The van der Waals surface area contributed by atoms with Crippen LogP contribution in [0.5, 0.6) is 0 Å². The lowest BCUT2D eigenvalue weighted by Crippen LogP contribution is -2.55. The van der Waals surface area contributed by atoms with Crippen molar-refractivity contribution in [2.45, 2.75) is 32.1 Å². The summed E-state index contributed by atoms with van der Waals surface area (Å²) < 4.78 is 10.1. The first-order valence-corrected chi connectivity index (χ1v) is 8.83. The van der Waals surface area contributed by atoms with Gasteiger partial charge >= 0.3 is 11.9 Å². The first kappa shape index (κ1) is 21.6. The molecule has 0 aliphatic carbocycles. The van der Waals surface area contributed by atoms with Crippen LogP contribution < -0.4 is 10.4 Å². The number of ether oxygens (including phenoxy) is 2. The van der Waals surface area contributed by atoms with Gasteiger partial charge in [0.1, 0.15) is 0 Å². The lowest BCUT2D eigenvalue weighted by molar-refractivity contribution is -0.317. The molecule has 0 bridgehead atoms.